The number of amides is 3. The van der Waals surface area contributed by atoms with Crippen molar-refractivity contribution in [1.82, 2.24) is 9.80 Å². The monoisotopic (exact) mass is 463 g/mol. The van der Waals surface area contributed by atoms with Gasteiger partial charge in [-0.2, -0.15) is 0 Å². The first-order valence-electron chi connectivity index (χ1n) is 11.8. The maximum Gasteiger partial charge on any atom is 0.267 e. The zero-order chi connectivity index (χ0) is 23.8. The molecule has 34 heavy (non-hydrogen) atoms. The third-order valence-electron chi connectivity index (χ3n) is 6.79. The van der Waals surface area contributed by atoms with Gasteiger partial charge in [-0.1, -0.05) is 38.1 Å². The van der Waals surface area contributed by atoms with Gasteiger partial charge in [0.1, 0.15) is 6.61 Å². The van der Waals surface area contributed by atoms with E-state index in [4.69, 9.17) is 9.47 Å². The van der Waals surface area contributed by atoms with E-state index in [1.807, 2.05) is 47.4 Å². The summed E-state index contributed by atoms with van der Waals surface area (Å²) in [7, 11) is 0. The molecule has 5 rings (SSSR count). The number of carbonyl (C=O) groups excluding carboxylic acids is 3. The van der Waals surface area contributed by atoms with Gasteiger partial charge in [0.05, 0.1) is 18.2 Å². The van der Waals surface area contributed by atoms with E-state index in [1.54, 1.807) is 11.0 Å². The molecule has 2 saturated heterocycles. The van der Waals surface area contributed by atoms with Crippen molar-refractivity contribution in [3.63, 3.8) is 0 Å². The summed E-state index contributed by atoms with van der Waals surface area (Å²) >= 11 is 0. The minimum Gasteiger partial charge on any atom is -0.485 e. The fourth-order valence-electron chi connectivity index (χ4n) is 4.78. The number of para-hydroxylation sites is 2. The Morgan fingerprint density at radius 1 is 0.941 bits per heavy atom. The van der Waals surface area contributed by atoms with Crippen LogP contribution in [0.3, 0.4) is 0 Å². The van der Waals surface area contributed by atoms with E-state index in [0.717, 1.165) is 5.56 Å². The molecular weight excluding hydrogens is 434 g/mol. The second-order valence-electron chi connectivity index (χ2n) is 9.26. The predicted octanol–water partition coefficient (Wildman–Crippen LogP) is 2.43. The van der Waals surface area contributed by atoms with Crippen LogP contribution in [0.5, 0.6) is 11.5 Å². The molecule has 2 aromatic carbocycles. The van der Waals surface area contributed by atoms with Crippen LogP contribution in [-0.2, 0) is 14.4 Å². The number of anilines is 1. The molecule has 178 valence electrons. The number of carbonyl (C=O) groups is 3. The summed E-state index contributed by atoms with van der Waals surface area (Å²) in [5.41, 5.74) is 1.78. The number of rotatable bonds is 4. The van der Waals surface area contributed by atoms with Gasteiger partial charge in [0.15, 0.2) is 11.5 Å². The van der Waals surface area contributed by atoms with Gasteiger partial charge in [-0.15, -0.1) is 0 Å². The van der Waals surface area contributed by atoms with E-state index in [9.17, 15) is 14.4 Å². The Labute approximate surface area is 199 Å². The van der Waals surface area contributed by atoms with Crippen LogP contribution in [0.15, 0.2) is 48.5 Å². The average Bonchev–Trinajstić information content (AvgIpc) is 3.17. The van der Waals surface area contributed by atoms with Crippen molar-refractivity contribution in [3.8, 4) is 11.5 Å². The van der Waals surface area contributed by atoms with E-state index in [0.29, 0.717) is 49.3 Å². The zero-order valence-electron chi connectivity index (χ0n) is 19.5. The lowest BCUT2D eigenvalue weighted by Crippen LogP contribution is -2.57. The minimum atomic E-state index is -0.680. The van der Waals surface area contributed by atoms with Crippen LogP contribution in [0.4, 0.5) is 5.69 Å². The molecule has 2 fully saturated rings. The van der Waals surface area contributed by atoms with Gasteiger partial charge in [0.2, 0.25) is 12.0 Å². The molecule has 8 heteroatoms. The summed E-state index contributed by atoms with van der Waals surface area (Å²) in [6.07, 6.45) is -0.518. The lowest BCUT2D eigenvalue weighted by Gasteiger charge is -2.38. The number of ether oxygens (including phenoxy) is 2. The molecule has 0 unspecified atom stereocenters. The summed E-state index contributed by atoms with van der Waals surface area (Å²) in [5, 5.41) is 0. The van der Waals surface area contributed by atoms with E-state index in [1.165, 1.54) is 4.90 Å². The van der Waals surface area contributed by atoms with Gasteiger partial charge < -0.3 is 14.4 Å². The first-order valence-corrected chi connectivity index (χ1v) is 11.8. The van der Waals surface area contributed by atoms with Crippen molar-refractivity contribution in [2.45, 2.75) is 38.3 Å². The van der Waals surface area contributed by atoms with Gasteiger partial charge in [0.25, 0.3) is 11.8 Å². The van der Waals surface area contributed by atoms with E-state index < -0.39 is 12.1 Å². The minimum absolute atomic E-state index is 0.116. The van der Waals surface area contributed by atoms with Crippen LogP contribution in [0.1, 0.15) is 31.7 Å². The standard InChI is InChI=1S/C26H29N3O5/c1-17(2)18-7-9-19(10-8-18)29-24(30)15-20(25(29)31)27-11-13-28(14-12-27)26(32)23-16-33-21-5-3-4-6-22(21)34-23/h3-10,17,20,23H,11-16H2,1-2H3/t20-,23-/m1/s1. The number of hydrogen-bond acceptors (Lipinski definition) is 6. The molecule has 3 heterocycles. The topological polar surface area (TPSA) is 79.4 Å². The average molecular weight is 464 g/mol. The SMILES string of the molecule is CC(C)c1ccc(N2C(=O)C[C@@H](N3CCN(C(=O)[C@H]4COc5ccccc5O4)CC3)C2=O)cc1. The molecule has 2 aromatic rings. The number of nitrogens with zero attached hydrogens (tertiary/aromatic N) is 3. The molecule has 2 atom stereocenters. The number of piperazine rings is 1. The van der Waals surface area contributed by atoms with Crippen LogP contribution in [0.2, 0.25) is 0 Å². The highest BCUT2D eigenvalue weighted by Gasteiger charge is 2.44. The first kappa shape index (κ1) is 22.4. The molecule has 0 radical (unpaired) electrons. The zero-order valence-corrected chi connectivity index (χ0v) is 19.5. The van der Waals surface area contributed by atoms with Crippen LogP contribution in [0.25, 0.3) is 0 Å². The summed E-state index contributed by atoms with van der Waals surface area (Å²) in [4.78, 5) is 43.9. The molecule has 3 aliphatic rings. The summed E-state index contributed by atoms with van der Waals surface area (Å²) < 4.78 is 11.5. The smallest absolute Gasteiger partial charge is 0.267 e. The molecule has 0 bridgehead atoms. The van der Waals surface area contributed by atoms with Gasteiger partial charge in [-0.3, -0.25) is 19.3 Å². The highest BCUT2D eigenvalue weighted by atomic mass is 16.6. The highest BCUT2D eigenvalue weighted by molar-refractivity contribution is 6.22. The molecule has 3 amide bonds. The van der Waals surface area contributed by atoms with Crippen LogP contribution in [0, 0.1) is 0 Å². The summed E-state index contributed by atoms with van der Waals surface area (Å²) in [6, 6.07) is 14.4. The predicted molar refractivity (Wildman–Crippen MR) is 126 cm³/mol. The second-order valence-corrected chi connectivity index (χ2v) is 9.26. The molecular formula is C26H29N3O5. The van der Waals surface area contributed by atoms with Crippen molar-refractivity contribution in [2.75, 3.05) is 37.7 Å². The molecule has 0 N–H and O–H groups in total. The maximum absolute atomic E-state index is 13.2. The van der Waals surface area contributed by atoms with Gasteiger partial charge in [-0.05, 0) is 35.7 Å². The third-order valence-corrected chi connectivity index (χ3v) is 6.79. The molecule has 8 nitrogen and oxygen atoms in total. The van der Waals surface area contributed by atoms with E-state index in [2.05, 4.69) is 13.8 Å². The Kier molecular flexibility index (Phi) is 6.00. The lowest BCUT2D eigenvalue weighted by atomic mass is 10.0. The Balaban J connectivity index is 1.19. The van der Waals surface area contributed by atoms with Crippen molar-refractivity contribution in [2.24, 2.45) is 0 Å². The quantitative estimate of drug-likeness (QED) is 0.648. The highest BCUT2D eigenvalue weighted by Crippen LogP contribution is 2.32. The molecule has 0 aromatic heterocycles. The second kappa shape index (κ2) is 9.10. The Bertz CT molecular complexity index is 1090. The number of benzene rings is 2. The van der Waals surface area contributed by atoms with E-state index in [-0.39, 0.29) is 30.7 Å². The largest absolute Gasteiger partial charge is 0.485 e. The summed E-state index contributed by atoms with van der Waals surface area (Å²) in [5.74, 6) is 1.10. The van der Waals surface area contributed by atoms with E-state index >= 15 is 0 Å². The Morgan fingerprint density at radius 2 is 1.62 bits per heavy atom. The fourth-order valence-corrected chi connectivity index (χ4v) is 4.78. The normalized spacial score (nSPS) is 23.0. The van der Waals surface area contributed by atoms with Crippen LogP contribution >= 0.6 is 0 Å². The third kappa shape index (κ3) is 4.14. The fraction of sp³-hybridized carbons (Fsp3) is 0.423. The first-order chi connectivity index (χ1) is 16.4. The van der Waals surface area contributed by atoms with Crippen molar-refractivity contribution < 1.29 is 23.9 Å². The van der Waals surface area contributed by atoms with Crippen molar-refractivity contribution in [1.29, 1.82) is 0 Å². The lowest BCUT2D eigenvalue weighted by molar-refractivity contribution is -0.143. The molecule has 0 saturated carbocycles. The Hall–Kier alpha value is -3.39. The van der Waals surface area contributed by atoms with Crippen LogP contribution < -0.4 is 14.4 Å². The maximum atomic E-state index is 13.2. The van der Waals surface area contributed by atoms with Crippen LogP contribution in [-0.4, -0.2) is 72.5 Å². The Morgan fingerprint density at radius 3 is 2.29 bits per heavy atom. The van der Waals surface area contributed by atoms with Gasteiger partial charge in [-0.25, -0.2) is 4.90 Å². The number of hydrogen-bond donors (Lipinski definition) is 0. The van der Waals surface area contributed by atoms with Gasteiger partial charge in [0, 0.05) is 26.2 Å². The number of fused-ring (bicyclic) bond motifs is 1. The molecule has 0 aliphatic carbocycles. The summed E-state index contributed by atoms with van der Waals surface area (Å²) in [6.45, 7) is 6.39. The van der Waals surface area contributed by atoms with Crippen molar-refractivity contribution >= 4 is 23.4 Å². The molecule has 0 spiro atoms. The van der Waals surface area contributed by atoms with Crippen molar-refractivity contribution in [3.05, 3.63) is 54.1 Å². The molecule has 3 aliphatic heterocycles. The van der Waals surface area contributed by atoms with Gasteiger partial charge >= 0.3 is 0 Å². The number of imide groups is 1.